The Kier molecular flexibility index (Phi) is 5.25. The molecule has 3 nitrogen and oxygen atoms in total. The van der Waals surface area contributed by atoms with Crippen LogP contribution in [0, 0.1) is 0 Å². The second kappa shape index (κ2) is 6.23. The Balaban J connectivity index is 2.50. The lowest BCUT2D eigenvalue weighted by molar-refractivity contribution is 0.174. The van der Waals surface area contributed by atoms with Crippen molar-refractivity contribution in [3.05, 3.63) is 24.4 Å². The zero-order chi connectivity index (χ0) is 12.0. The van der Waals surface area contributed by atoms with Gasteiger partial charge in [-0.3, -0.25) is 0 Å². The molecule has 0 aliphatic heterocycles. The normalized spacial score (nSPS) is 16.8. The Bertz CT molecular complexity index is 301. The number of pyridine rings is 1. The van der Waals surface area contributed by atoms with Gasteiger partial charge in [0.1, 0.15) is 0 Å². The van der Waals surface area contributed by atoms with Gasteiger partial charge in [-0.1, -0.05) is 13.0 Å². The molecule has 2 unspecified atom stereocenters. The molecular formula is C12H20N2OS. The number of nitrogens with zero attached hydrogens (tertiary/aromatic N) is 1. The van der Waals surface area contributed by atoms with E-state index in [9.17, 15) is 5.11 Å². The van der Waals surface area contributed by atoms with Gasteiger partial charge in [-0.25, -0.2) is 4.98 Å². The first-order chi connectivity index (χ1) is 7.59. The highest BCUT2D eigenvalue weighted by atomic mass is 32.2. The summed E-state index contributed by atoms with van der Waals surface area (Å²) in [6, 6.07) is 5.92. The van der Waals surface area contributed by atoms with E-state index in [2.05, 4.69) is 17.2 Å². The molecule has 1 rings (SSSR count). The highest BCUT2D eigenvalue weighted by Crippen LogP contribution is 2.26. The van der Waals surface area contributed by atoms with Gasteiger partial charge < -0.3 is 10.4 Å². The smallest absolute Gasteiger partial charge is 0.0962 e. The number of hydrogen-bond donors (Lipinski definition) is 2. The van der Waals surface area contributed by atoms with Gasteiger partial charge in [0.05, 0.1) is 11.6 Å². The van der Waals surface area contributed by atoms with Crippen molar-refractivity contribution in [3.63, 3.8) is 0 Å². The fraction of sp³-hybridized carbons (Fsp3) is 0.583. The minimum absolute atomic E-state index is 0.149. The van der Waals surface area contributed by atoms with Gasteiger partial charge >= 0.3 is 0 Å². The zero-order valence-electron chi connectivity index (χ0n) is 10.1. The van der Waals surface area contributed by atoms with E-state index in [1.54, 1.807) is 18.0 Å². The fourth-order valence-electron chi connectivity index (χ4n) is 1.54. The summed E-state index contributed by atoms with van der Waals surface area (Å²) < 4.78 is 0. The highest BCUT2D eigenvalue weighted by Gasteiger charge is 2.24. The van der Waals surface area contributed by atoms with Crippen molar-refractivity contribution < 1.29 is 5.11 Å². The van der Waals surface area contributed by atoms with Crippen LogP contribution in [0.5, 0.6) is 0 Å². The molecule has 1 aromatic rings. The third-order valence-electron chi connectivity index (χ3n) is 2.65. The first-order valence-corrected chi connectivity index (χ1v) is 6.35. The highest BCUT2D eigenvalue weighted by molar-refractivity contribution is 7.99. The standard InChI is InChI=1S/C12H20N2OS/c1-10(8-12(2,9-15)13-3)16-11-6-4-5-7-14-11/h4-7,10,13,15H,8-9H2,1-3H3. The lowest BCUT2D eigenvalue weighted by Gasteiger charge is -2.29. The number of hydrogen-bond acceptors (Lipinski definition) is 4. The van der Waals surface area contributed by atoms with Gasteiger partial charge in [0, 0.05) is 17.0 Å². The Morgan fingerprint density at radius 3 is 2.81 bits per heavy atom. The van der Waals surface area contributed by atoms with E-state index in [1.165, 1.54) is 0 Å². The summed E-state index contributed by atoms with van der Waals surface area (Å²) in [5.41, 5.74) is -0.207. The van der Waals surface area contributed by atoms with Crippen LogP contribution in [0.15, 0.2) is 29.4 Å². The number of thioether (sulfide) groups is 1. The topological polar surface area (TPSA) is 45.1 Å². The number of aromatic nitrogens is 1. The van der Waals surface area contributed by atoms with Crippen molar-refractivity contribution in [2.24, 2.45) is 0 Å². The molecule has 90 valence electrons. The maximum atomic E-state index is 9.31. The lowest BCUT2D eigenvalue weighted by atomic mass is 9.98. The molecule has 0 aromatic carbocycles. The summed E-state index contributed by atoms with van der Waals surface area (Å²) in [4.78, 5) is 4.28. The molecule has 0 amide bonds. The molecule has 0 fully saturated rings. The maximum absolute atomic E-state index is 9.31. The molecule has 1 aromatic heterocycles. The molecule has 0 bridgehead atoms. The molecule has 0 spiro atoms. The van der Waals surface area contributed by atoms with Crippen LogP contribution in [-0.2, 0) is 0 Å². The number of likely N-dealkylation sites (N-methyl/N-ethyl adjacent to an activating group) is 1. The summed E-state index contributed by atoms with van der Waals surface area (Å²) in [5.74, 6) is 0. The van der Waals surface area contributed by atoms with Gasteiger partial charge in [0.2, 0.25) is 0 Å². The number of nitrogens with one attached hydrogen (secondary N) is 1. The van der Waals surface area contributed by atoms with Crippen LogP contribution >= 0.6 is 11.8 Å². The van der Waals surface area contributed by atoms with Crippen LogP contribution < -0.4 is 5.32 Å². The monoisotopic (exact) mass is 240 g/mol. The maximum Gasteiger partial charge on any atom is 0.0962 e. The largest absolute Gasteiger partial charge is 0.394 e. The van der Waals surface area contributed by atoms with Crippen molar-refractivity contribution in [2.75, 3.05) is 13.7 Å². The zero-order valence-corrected chi connectivity index (χ0v) is 10.9. The van der Waals surface area contributed by atoms with Crippen LogP contribution in [0.25, 0.3) is 0 Å². The Morgan fingerprint density at radius 1 is 1.56 bits per heavy atom. The van der Waals surface area contributed by atoms with E-state index in [0.29, 0.717) is 5.25 Å². The third-order valence-corrected chi connectivity index (χ3v) is 3.70. The van der Waals surface area contributed by atoms with E-state index in [-0.39, 0.29) is 12.1 Å². The first kappa shape index (κ1) is 13.5. The van der Waals surface area contributed by atoms with E-state index >= 15 is 0 Å². The van der Waals surface area contributed by atoms with Gasteiger partial charge in [-0.2, -0.15) is 0 Å². The Labute approximate surface area is 102 Å². The number of aliphatic hydroxyl groups is 1. The van der Waals surface area contributed by atoms with Crippen molar-refractivity contribution in [3.8, 4) is 0 Å². The van der Waals surface area contributed by atoms with Crippen molar-refractivity contribution >= 4 is 11.8 Å². The SMILES string of the molecule is CNC(C)(CO)CC(C)Sc1ccccn1. The molecule has 0 saturated heterocycles. The number of aliphatic hydroxyl groups excluding tert-OH is 1. The first-order valence-electron chi connectivity index (χ1n) is 5.47. The van der Waals surface area contributed by atoms with Crippen LogP contribution in [-0.4, -0.2) is 34.5 Å². The molecule has 0 radical (unpaired) electrons. The second-order valence-corrected chi connectivity index (χ2v) is 5.73. The van der Waals surface area contributed by atoms with Crippen molar-refractivity contribution in [2.45, 2.75) is 36.1 Å². The second-order valence-electron chi connectivity index (χ2n) is 4.27. The molecule has 0 aliphatic rings. The molecule has 2 atom stereocenters. The van der Waals surface area contributed by atoms with Crippen LogP contribution in [0.1, 0.15) is 20.3 Å². The molecule has 2 N–H and O–H groups in total. The van der Waals surface area contributed by atoms with E-state index in [0.717, 1.165) is 11.4 Å². The molecular weight excluding hydrogens is 220 g/mol. The summed E-state index contributed by atoms with van der Waals surface area (Å²) in [6.45, 7) is 4.34. The third kappa shape index (κ3) is 4.12. The quantitative estimate of drug-likeness (QED) is 0.746. The van der Waals surface area contributed by atoms with Crippen LogP contribution in [0.2, 0.25) is 0 Å². The predicted molar refractivity (Wildman–Crippen MR) is 68.7 cm³/mol. The van der Waals surface area contributed by atoms with E-state index in [4.69, 9.17) is 0 Å². The number of rotatable bonds is 6. The van der Waals surface area contributed by atoms with Gasteiger partial charge in [-0.05, 0) is 32.5 Å². The predicted octanol–water partition coefficient (Wildman–Crippen LogP) is 1.92. The van der Waals surface area contributed by atoms with E-state index < -0.39 is 0 Å². The molecule has 0 saturated carbocycles. The average Bonchev–Trinajstić information content (AvgIpc) is 2.30. The summed E-state index contributed by atoms with van der Waals surface area (Å²) in [7, 11) is 1.88. The van der Waals surface area contributed by atoms with E-state index in [1.807, 2.05) is 32.2 Å². The van der Waals surface area contributed by atoms with Crippen LogP contribution in [0.3, 0.4) is 0 Å². The van der Waals surface area contributed by atoms with Crippen molar-refractivity contribution in [1.82, 2.24) is 10.3 Å². The Morgan fingerprint density at radius 2 is 2.31 bits per heavy atom. The summed E-state index contributed by atoms with van der Waals surface area (Å²) >= 11 is 1.74. The summed E-state index contributed by atoms with van der Waals surface area (Å²) in [5, 5.41) is 13.9. The molecule has 0 aliphatic carbocycles. The fourth-order valence-corrected chi connectivity index (χ4v) is 2.69. The minimum Gasteiger partial charge on any atom is -0.394 e. The molecule has 4 heteroatoms. The molecule has 1 heterocycles. The van der Waals surface area contributed by atoms with Gasteiger partial charge in [0.15, 0.2) is 0 Å². The average molecular weight is 240 g/mol. The van der Waals surface area contributed by atoms with Gasteiger partial charge in [0.25, 0.3) is 0 Å². The van der Waals surface area contributed by atoms with Crippen LogP contribution in [0.4, 0.5) is 0 Å². The Hall–Kier alpha value is -0.580. The molecule has 16 heavy (non-hydrogen) atoms. The lowest BCUT2D eigenvalue weighted by Crippen LogP contribution is -2.45. The van der Waals surface area contributed by atoms with Gasteiger partial charge in [-0.15, -0.1) is 11.8 Å². The minimum atomic E-state index is -0.207. The van der Waals surface area contributed by atoms with Crippen molar-refractivity contribution in [1.29, 1.82) is 0 Å². The summed E-state index contributed by atoms with van der Waals surface area (Å²) in [6.07, 6.45) is 2.71.